The first kappa shape index (κ1) is 8.22. The highest BCUT2D eigenvalue weighted by molar-refractivity contribution is 7.87. The molecular weight excluding hydrogens is 188 g/mol. The van der Waals surface area contributed by atoms with Crippen molar-refractivity contribution in [3.63, 3.8) is 0 Å². The third-order valence-electron chi connectivity index (χ3n) is 1.75. The Kier molecular flexibility index (Phi) is 1.79. The summed E-state index contributed by atoms with van der Waals surface area (Å²) in [4.78, 5) is 17.8. The molecule has 1 aliphatic heterocycles. The van der Waals surface area contributed by atoms with E-state index in [9.17, 15) is 4.79 Å². The van der Waals surface area contributed by atoms with Gasteiger partial charge in [-0.25, -0.2) is 0 Å². The molecular formula is C7H9N4OS-. The van der Waals surface area contributed by atoms with E-state index in [2.05, 4.69) is 19.9 Å². The molecule has 0 atom stereocenters. The summed E-state index contributed by atoms with van der Waals surface area (Å²) in [5.74, 6) is 0.737. The molecule has 1 aromatic heterocycles. The van der Waals surface area contributed by atoms with Gasteiger partial charge in [0.15, 0.2) is 0 Å². The Morgan fingerprint density at radius 1 is 1.69 bits per heavy atom. The Morgan fingerprint density at radius 2 is 2.46 bits per heavy atom. The number of nitrogen functional groups attached to an aromatic ring is 1. The van der Waals surface area contributed by atoms with Crippen LogP contribution in [-0.4, -0.2) is 16.2 Å². The summed E-state index contributed by atoms with van der Waals surface area (Å²) < 4.78 is 3.05. The van der Waals surface area contributed by atoms with Crippen LogP contribution in [0.4, 0.5) is 11.8 Å². The molecule has 5 nitrogen and oxygen atoms in total. The van der Waals surface area contributed by atoms with Crippen molar-refractivity contribution >= 4 is 22.3 Å². The number of hydrogen-bond donors (Lipinski definition) is 3. The van der Waals surface area contributed by atoms with Gasteiger partial charge in [-0.3, -0.25) is 15.0 Å². The summed E-state index contributed by atoms with van der Waals surface area (Å²) in [7, 11) is -0.139. The van der Waals surface area contributed by atoms with Crippen LogP contribution in [0.2, 0.25) is 0 Å². The summed E-state index contributed by atoms with van der Waals surface area (Å²) in [6.07, 6.45) is 2.51. The van der Waals surface area contributed by atoms with Crippen molar-refractivity contribution in [2.45, 2.75) is 6.42 Å². The normalized spacial score (nSPS) is 15.2. The fourth-order valence-corrected chi connectivity index (χ4v) is 2.02. The number of H-pyrrole nitrogens is 1. The zero-order valence-corrected chi connectivity index (χ0v) is 7.86. The monoisotopic (exact) mass is 197 g/mol. The molecule has 1 aliphatic rings. The fraction of sp³-hybridized carbons (Fsp3) is 0.286. The van der Waals surface area contributed by atoms with Gasteiger partial charge in [0.2, 0.25) is 5.95 Å². The van der Waals surface area contributed by atoms with Crippen LogP contribution in [0.25, 0.3) is 0 Å². The zero-order chi connectivity index (χ0) is 9.42. The van der Waals surface area contributed by atoms with E-state index in [1.807, 2.05) is 6.26 Å². The number of rotatable bonds is 0. The molecule has 0 unspecified atom stereocenters. The van der Waals surface area contributed by atoms with Gasteiger partial charge in [-0.15, -0.1) is 6.26 Å². The average Bonchev–Trinajstić information content (AvgIpc) is 2.02. The minimum atomic E-state index is -0.181. The molecule has 0 bridgehead atoms. The van der Waals surface area contributed by atoms with E-state index < -0.39 is 0 Å². The van der Waals surface area contributed by atoms with Gasteiger partial charge in [-0.05, 0) is 0 Å². The van der Waals surface area contributed by atoms with Crippen molar-refractivity contribution < 1.29 is 0 Å². The van der Waals surface area contributed by atoms with E-state index in [1.165, 1.54) is 0 Å². The first-order valence-electron chi connectivity index (χ1n) is 3.71. The van der Waals surface area contributed by atoms with Crippen LogP contribution < -0.4 is 16.0 Å². The summed E-state index contributed by atoms with van der Waals surface area (Å²) in [6, 6.07) is 0. The SMILES string of the molecule is C[S-]1#CCc2c(nc(N)[nH]c2=O)N1. The molecule has 13 heavy (non-hydrogen) atoms. The molecule has 70 valence electrons. The lowest BCUT2D eigenvalue weighted by Crippen LogP contribution is -2.22. The van der Waals surface area contributed by atoms with E-state index in [0.717, 1.165) is 0 Å². The van der Waals surface area contributed by atoms with Gasteiger partial charge in [0.1, 0.15) is 5.82 Å². The lowest BCUT2D eigenvalue weighted by Gasteiger charge is -2.22. The van der Waals surface area contributed by atoms with Crippen molar-refractivity contribution in [2.24, 2.45) is 0 Å². The molecule has 4 N–H and O–H groups in total. The van der Waals surface area contributed by atoms with Crippen LogP contribution in [-0.2, 0) is 16.9 Å². The minimum absolute atomic E-state index is 0.139. The minimum Gasteiger partial charge on any atom is -0.461 e. The Bertz CT molecular complexity index is 493. The number of nitrogens with two attached hydrogens (primary N) is 1. The van der Waals surface area contributed by atoms with Crippen LogP contribution in [0.1, 0.15) is 5.56 Å². The van der Waals surface area contributed by atoms with Crippen molar-refractivity contribution in [3.8, 4) is 5.18 Å². The second-order valence-corrected chi connectivity index (χ2v) is 4.23. The quantitative estimate of drug-likeness (QED) is 0.487. The molecule has 0 radical (unpaired) electrons. The highest BCUT2D eigenvalue weighted by Gasteiger charge is 2.07. The zero-order valence-electron chi connectivity index (χ0n) is 7.05. The number of aromatic amines is 1. The fourth-order valence-electron chi connectivity index (χ4n) is 1.13. The van der Waals surface area contributed by atoms with Crippen LogP contribution in [0, 0.1) is 5.18 Å². The lowest BCUT2D eigenvalue weighted by molar-refractivity contribution is 1.07. The number of nitrogens with one attached hydrogen (secondary N) is 2. The van der Waals surface area contributed by atoms with Gasteiger partial charge < -0.3 is 20.9 Å². The van der Waals surface area contributed by atoms with Crippen LogP contribution in [0.3, 0.4) is 0 Å². The molecule has 0 fully saturated rings. The highest BCUT2D eigenvalue weighted by atomic mass is 32.2. The van der Waals surface area contributed by atoms with Crippen LogP contribution in [0.5, 0.6) is 0 Å². The Labute approximate surface area is 77.1 Å². The van der Waals surface area contributed by atoms with Gasteiger partial charge in [-0.1, -0.05) is 0 Å². The summed E-state index contributed by atoms with van der Waals surface area (Å²) >= 11 is 0. The van der Waals surface area contributed by atoms with E-state index in [4.69, 9.17) is 5.73 Å². The van der Waals surface area contributed by atoms with Crippen molar-refractivity contribution in [2.75, 3.05) is 16.7 Å². The number of hydrogen-bond acceptors (Lipinski definition) is 5. The molecule has 0 saturated heterocycles. The Hall–Kier alpha value is -1.39. The van der Waals surface area contributed by atoms with Gasteiger partial charge >= 0.3 is 0 Å². The maximum atomic E-state index is 11.3. The van der Waals surface area contributed by atoms with Crippen molar-refractivity contribution in [3.05, 3.63) is 15.9 Å². The summed E-state index contributed by atoms with van der Waals surface area (Å²) in [5.41, 5.74) is 5.83. The highest BCUT2D eigenvalue weighted by Crippen LogP contribution is 2.12. The molecule has 0 spiro atoms. The van der Waals surface area contributed by atoms with Gasteiger partial charge in [-0.2, -0.15) is 4.98 Å². The first-order chi connectivity index (χ1) is 6.16. The van der Waals surface area contributed by atoms with Gasteiger partial charge in [0, 0.05) is 6.42 Å². The van der Waals surface area contributed by atoms with Gasteiger partial charge in [0.25, 0.3) is 5.56 Å². The number of aromatic nitrogens is 2. The maximum Gasteiger partial charge on any atom is 0.258 e. The molecule has 0 aliphatic carbocycles. The third kappa shape index (κ3) is 1.41. The first-order valence-corrected chi connectivity index (χ1v) is 5.35. The smallest absolute Gasteiger partial charge is 0.258 e. The predicted octanol–water partition coefficient (Wildman–Crippen LogP) is -0.558. The molecule has 0 saturated carbocycles. The molecule has 0 aromatic carbocycles. The predicted molar refractivity (Wildman–Crippen MR) is 53.8 cm³/mol. The average molecular weight is 197 g/mol. The van der Waals surface area contributed by atoms with Crippen molar-refractivity contribution in [1.29, 1.82) is 0 Å². The van der Waals surface area contributed by atoms with E-state index in [0.29, 0.717) is 17.8 Å². The second-order valence-electron chi connectivity index (χ2n) is 2.71. The molecule has 2 rings (SSSR count). The number of nitrogens with zero attached hydrogens (tertiary/aromatic N) is 1. The largest absolute Gasteiger partial charge is 0.461 e. The van der Waals surface area contributed by atoms with Crippen LogP contribution >= 0.6 is 0 Å². The Balaban J connectivity index is 2.63. The Morgan fingerprint density at radius 3 is 3.23 bits per heavy atom. The van der Waals surface area contributed by atoms with E-state index in [-0.39, 0.29) is 22.0 Å². The maximum absolute atomic E-state index is 11.3. The lowest BCUT2D eigenvalue weighted by atomic mass is 10.2. The molecule has 2 heterocycles. The van der Waals surface area contributed by atoms with E-state index >= 15 is 0 Å². The topological polar surface area (TPSA) is 83.8 Å². The summed E-state index contributed by atoms with van der Waals surface area (Å²) in [6.45, 7) is 0. The number of fused-ring (bicyclic) bond motifs is 1. The molecule has 0 amide bonds. The summed E-state index contributed by atoms with van der Waals surface area (Å²) in [5, 5.41) is 3.11. The third-order valence-corrected chi connectivity index (χ3v) is 2.83. The van der Waals surface area contributed by atoms with Crippen molar-refractivity contribution in [1.82, 2.24) is 9.97 Å². The van der Waals surface area contributed by atoms with Gasteiger partial charge in [0.05, 0.1) is 5.56 Å². The second kappa shape index (κ2) is 2.83. The van der Waals surface area contributed by atoms with E-state index in [1.54, 1.807) is 0 Å². The standard InChI is InChI=1S/C7H9N4OS/c1-13-3-2-4-5(11-13)9-7(8)10-6(4)12/h2H2,1H3,(H4,8,9,10,11,12)/q-1. The number of anilines is 2. The molecule has 1 aromatic rings. The van der Waals surface area contributed by atoms with Crippen LogP contribution in [0.15, 0.2) is 4.79 Å². The molecule has 6 heteroatoms.